The number of hydrogen-bond donors (Lipinski definition) is 1. The van der Waals surface area contributed by atoms with E-state index in [0.29, 0.717) is 5.92 Å². The topological polar surface area (TPSA) is 29.1 Å². The molecule has 0 radical (unpaired) electrons. The summed E-state index contributed by atoms with van der Waals surface area (Å²) in [5, 5.41) is 2.95. The van der Waals surface area contributed by atoms with Crippen LogP contribution in [0.15, 0.2) is 18.2 Å². The molecule has 1 aromatic rings. The normalized spacial score (nSPS) is 21.5. The summed E-state index contributed by atoms with van der Waals surface area (Å²) in [4.78, 5) is 11.8. The second-order valence-electron chi connectivity index (χ2n) is 5.37. The molecule has 96 valence electrons. The van der Waals surface area contributed by atoms with Gasteiger partial charge in [0.1, 0.15) is 0 Å². The smallest absolute Gasteiger partial charge is 0.251 e. The van der Waals surface area contributed by atoms with Gasteiger partial charge in [0.15, 0.2) is 0 Å². The highest BCUT2D eigenvalue weighted by atomic mass is 35.5. The molecule has 1 atom stereocenters. The highest BCUT2D eigenvalue weighted by Crippen LogP contribution is 2.40. The predicted molar refractivity (Wildman–Crippen MR) is 73.0 cm³/mol. The van der Waals surface area contributed by atoms with Crippen LogP contribution in [0, 0.1) is 5.92 Å². The second-order valence-corrected chi connectivity index (χ2v) is 5.84. The minimum absolute atomic E-state index is 0.0494. The van der Waals surface area contributed by atoms with Crippen LogP contribution in [0.4, 0.5) is 0 Å². The van der Waals surface area contributed by atoms with E-state index < -0.39 is 0 Å². The summed E-state index contributed by atoms with van der Waals surface area (Å²) in [6.07, 6.45) is 5.95. The summed E-state index contributed by atoms with van der Waals surface area (Å²) in [6, 6.07) is 6.18. The molecule has 0 spiro atoms. The predicted octanol–water partition coefficient (Wildman–Crippen LogP) is 3.44. The van der Waals surface area contributed by atoms with Gasteiger partial charge in [-0.15, -0.1) is 11.6 Å². The zero-order valence-corrected chi connectivity index (χ0v) is 11.2. The molecule has 1 amide bonds. The van der Waals surface area contributed by atoms with Gasteiger partial charge in [-0.3, -0.25) is 4.79 Å². The van der Waals surface area contributed by atoms with Gasteiger partial charge in [0, 0.05) is 12.1 Å². The van der Waals surface area contributed by atoms with Crippen molar-refractivity contribution in [3.63, 3.8) is 0 Å². The van der Waals surface area contributed by atoms with E-state index in [1.165, 1.54) is 25.7 Å². The fourth-order valence-electron chi connectivity index (χ4n) is 3.12. The minimum Gasteiger partial charge on any atom is -0.352 e. The molecular weight excluding hydrogens is 246 g/mol. The lowest BCUT2D eigenvalue weighted by atomic mass is 9.92. The number of fused-ring (bicyclic) bond motifs is 1. The van der Waals surface area contributed by atoms with Gasteiger partial charge in [-0.1, -0.05) is 25.0 Å². The molecular formula is C15H18ClNO. The highest BCUT2D eigenvalue weighted by Gasteiger charge is 2.26. The third kappa shape index (κ3) is 2.14. The quantitative estimate of drug-likeness (QED) is 0.814. The maximum atomic E-state index is 11.8. The van der Waals surface area contributed by atoms with Gasteiger partial charge in [0.2, 0.25) is 0 Å². The van der Waals surface area contributed by atoms with Gasteiger partial charge in [0.05, 0.1) is 5.38 Å². The lowest BCUT2D eigenvalue weighted by Gasteiger charge is -2.21. The summed E-state index contributed by atoms with van der Waals surface area (Å²) in [6.45, 7) is 0.748. The van der Waals surface area contributed by atoms with Crippen molar-refractivity contribution in [2.45, 2.75) is 37.5 Å². The SMILES string of the molecule is O=C1NCCc2ccc(C(Cl)C3CCCC3)cc21. The average molecular weight is 264 g/mol. The molecule has 1 aliphatic heterocycles. The summed E-state index contributed by atoms with van der Waals surface area (Å²) >= 11 is 6.57. The van der Waals surface area contributed by atoms with Crippen LogP contribution in [-0.4, -0.2) is 12.5 Å². The van der Waals surface area contributed by atoms with Gasteiger partial charge in [-0.05, 0) is 42.4 Å². The van der Waals surface area contributed by atoms with Crippen molar-refractivity contribution in [2.24, 2.45) is 5.92 Å². The molecule has 3 rings (SSSR count). The van der Waals surface area contributed by atoms with Crippen molar-refractivity contribution >= 4 is 17.5 Å². The summed E-state index contributed by atoms with van der Waals surface area (Å²) in [7, 11) is 0. The number of halogens is 1. The molecule has 0 saturated heterocycles. The van der Waals surface area contributed by atoms with Crippen molar-refractivity contribution in [1.29, 1.82) is 0 Å². The molecule has 0 bridgehead atoms. The van der Waals surface area contributed by atoms with E-state index in [9.17, 15) is 4.79 Å². The molecule has 1 aromatic carbocycles. The van der Waals surface area contributed by atoms with E-state index in [-0.39, 0.29) is 11.3 Å². The summed E-state index contributed by atoms with van der Waals surface area (Å²) < 4.78 is 0. The first kappa shape index (κ1) is 12.0. The molecule has 3 heteroatoms. The third-order valence-corrected chi connectivity index (χ3v) is 4.80. The number of amides is 1. The Kier molecular flexibility index (Phi) is 3.29. The number of nitrogens with one attached hydrogen (secondary N) is 1. The van der Waals surface area contributed by atoms with Crippen molar-refractivity contribution in [1.82, 2.24) is 5.32 Å². The Bertz CT molecular complexity index is 466. The van der Waals surface area contributed by atoms with E-state index in [1.807, 2.05) is 6.07 Å². The zero-order chi connectivity index (χ0) is 12.5. The van der Waals surface area contributed by atoms with Crippen LogP contribution in [0.3, 0.4) is 0 Å². The van der Waals surface area contributed by atoms with E-state index in [0.717, 1.165) is 29.7 Å². The minimum atomic E-state index is 0.0494. The Morgan fingerprint density at radius 2 is 2.06 bits per heavy atom. The lowest BCUT2D eigenvalue weighted by Crippen LogP contribution is -2.31. The molecule has 2 aliphatic rings. The van der Waals surface area contributed by atoms with Crippen LogP contribution in [0.5, 0.6) is 0 Å². The molecule has 1 heterocycles. The van der Waals surface area contributed by atoms with Crippen LogP contribution in [0.2, 0.25) is 0 Å². The standard InChI is InChI=1S/C15H18ClNO/c16-14(11-3-1-2-4-11)12-6-5-10-7-8-17-15(18)13(10)9-12/h5-6,9,11,14H,1-4,7-8H2,(H,17,18). The van der Waals surface area contributed by atoms with Crippen LogP contribution in [0.25, 0.3) is 0 Å². The van der Waals surface area contributed by atoms with E-state index in [1.54, 1.807) is 0 Å². The van der Waals surface area contributed by atoms with Crippen molar-refractivity contribution in [2.75, 3.05) is 6.54 Å². The zero-order valence-electron chi connectivity index (χ0n) is 10.4. The highest BCUT2D eigenvalue weighted by molar-refractivity contribution is 6.21. The number of benzene rings is 1. The molecule has 18 heavy (non-hydrogen) atoms. The molecule has 1 fully saturated rings. The first-order valence-electron chi connectivity index (χ1n) is 6.81. The Morgan fingerprint density at radius 1 is 1.28 bits per heavy atom. The van der Waals surface area contributed by atoms with Gasteiger partial charge in [-0.25, -0.2) is 0 Å². The van der Waals surface area contributed by atoms with Crippen LogP contribution in [-0.2, 0) is 6.42 Å². The van der Waals surface area contributed by atoms with Gasteiger partial charge >= 0.3 is 0 Å². The van der Waals surface area contributed by atoms with E-state index in [4.69, 9.17) is 11.6 Å². The van der Waals surface area contributed by atoms with Crippen molar-refractivity contribution < 1.29 is 4.79 Å². The number of alkyl halides is 1. The number of carbonyl (C=O) groups excluding carboxylic acids is 1. The first-order valence-corrected chi connectivity index (χ1v) is 7.24. The Hall–Kier alpha value is -1.02. The number of carbonyl (C=O) groups is 1. The van der Waals surface area contributed by atoms with Crippen LogP contribution < -0.4 is 5.32 Å². The Labute approximate surface area is 113 Å². The van der Waals surface area contributed by atoms with Crippen molar-refractivity contribution in [3.8, 4) is 0 Å². The molecule has 1 saturated carbocycles. The second kappa shape index (κ2) is 4.93. The van der Waals surface area contributed by atoms with E-state index >= 15 is 0 Å². The first-order chi connectivity index (χ1) is 8.75. The fraction of sp³-hybridized carbons (Fsp3) is 0.533. The summed E-state index contributed by atoms with van der Waals surface area (Å²) in [5.74, 6) is 0.629. The number of hydrogen-bond acceptors (Lipinski definition) is 1. The van der Waals surface area contributed by atoms with Gasteiger partial charge in [-0.2, -0.15) is 0 Å². The largest absolute Gasteiger partial charge is 0.352 e. The molecule has 1 unspecified atom stereocenters. The van der Waals surface area contributed by atoms with E-state index in [2.05, 4.69) is 17.4 Å². The molecule has 0 aromatic heterocycles. The Morgan fingerprint density at radius 3 is 2.83 bits per heavy atom. The monoisotopic (exact) mass is 263 g/mol. The lowest BCUT2D eigenvalue weighted by molar-refractivity contribution is 0.0946. The van der Waals surface area contributed by atoms with Crippen LogP contribution in [0.1, 0.15) is 52.5 Å². The van der Waals surface area contributed by atoms with Gasteiger partial charge < -0.3 is 5.32 Å². The average Bonchev–Trinajstić information content (AvgIpc) is 2.92. The third-order valence-electron chi connectivity index (χ3n) is 4.19. The summed E-state index contributed by atoms with van der Waals surface area (Å²) in [5.41, 5.74) is 3.08. The Balaban J connectivity index is 1.88. The maximum absolute atomic E-state index is 11.8. The van der Waals surface area contributed by atoms with Gasteiger partial charge in [0.25, 0.3) is 5.91 Å². The molecule has 2 nitrogen and oxygen atoms in total. The molecule has 1 N–H and O–H groups in total. The number of rotatable bonds is 2. The molecule has 1 aliphatic carbocycles. The maximum Gasteiger partial charge on any atom is 0.251 e. The fourth-order valence-corrected chi connectivity index (χ4v) is 3.51. The van der Waals surface area contributed by atoms with Crippen LogP contribution >= 0.6 is 11.6 Å². The van der Waals surface area contributed by atoms with Crippen molar-refractivity contribution in [3.05, 3.63) is 34.9 Å².